The summed E-state index contributed by atoms with van der Waals surface area (Å²) in [5, 5.41) is 9.65. The Balaban J connectivity index is 2.01. The number of carboxylic acid groups (broad SMARTS) is 1. The van der Waals surface area contributed by atoms with Gasteiger partial charge in [0.25, 0.3) is 0 Å². The Hall–Kier alpha value is -1.75. The summed E-state index contributed by atoms with van der Waals surface area (Å²) >= 11 is 1.29. The molecule has 0 aliphatic heterocycles. The number of imidazole rings is 1. The highest BCUT2D eigenvalue weighted by molar-refractivity contribution is 7.99. The summed E-state index contributed by atoms with van der Waals surface area (Å²) < 4.78 is 2.20. The fourth-order valence-electron chi connectivity index (χ4n) is 2.30. The summed E-state index contributed by atoms with van der Waals surface area (Å²) in [6, 6.07) is 10.1. The van der Waals surface area contributed by atoms with Gasteiger partial charge in [-0.2, -0.15) is 0 Å². The van der Waals surface area contributed by atoms with Gasteiger partial charge in [-0.05, 0) is 25.3 Å². The third-order valence-corrected chi connectivity index (χ3v) is 4.57. The van der Waals surface area contributed by atoms with Crippen molar-refractivity contribution in [2.75, 3.05) is 5.75 Å². The molecule has 1 fully saturated rings. The average molecular weight is 288 g/mol. The molecule has 5 heteroatoms. The Bertz CT molecular complexity index is 633. The van der Waals surface area contributed by atoms with E-state index in [2.05, 4.69) is 28.6 Å². The number of benzene rings is 1. The van der Waals surface area contributed by atoms with E-state index in [-0.39, 0.29) is 11.3 Å². The van der Waals surface area contributed by atoms with Crippen molar-refractivity contribution in [3.8, 4) is 11.3 Å². The summed E-state index contributed by atoms with van der Waals surface area (Å²) in [5.41, 5.74) is 2.27. The molecule has 4 nitrogen and oxygen atoms in total. The second-order valence-corrected chi connectivity index (χ2v) is 6.25. The number of hydrogen-bond donors (Lipinski definition) is 1. The molecule has 20 heavy (non-hydrogen) atoms. The fourth-order valence-corrected chi connectivity index (χ4v) is 3.13. The topological polar surface area (TPSA) is 55.1 Å². The van der Waals surface area contributed by atoms with E-state index in [1.165, 1.54) is 11.8 Å². The first kappa shape index (κ1) is 13.2. The lowest BCUT2D eigenvalue weighted by Crippen LogP contribution is -2.15. The third-order valence-electron chi connectivity index (χ3n) is 3.64. The van der Waals surface area contributed by atoms with Gasteiger partial charge < -0.3 is 9.67 Å². The van der Waals surface area contributed by atoms with Gasteiger partial charge in [-0.3, -0.25) is 4.79 Å². The van der Waals surface area contributed by atoms with E-state index in [1.54, 1.807) is 0 Å². The Labute approximate surface area is 121 Å². The number of nitrogens with zero attached hydrogens (tertiary/aromatic N) is 2. The maximum atomic E-state index is 10.8. The van der Waals surface area contributed by atoms with Crippen molar-refractivity contribution in [3.05, 3.63) is 36.5 Å². The predicted molar refractivity (Wildman–Crippen MR) is 78.9 cm³/mol. The van der Waals surface area contributed by atoms with Crippen LogP contribution < -0.4 is 0 Å². The van der Waals surface area contributed by atoms with Gasteiger partial charge in [0, 0.05) is 5.54 Å². The van der Waals surface area contributed by atoms with Crippen LogP contribution in [0.4, 0.5) is 0 Å². The van der Waals surface area contributed by atoms with Gasteiger partial charge in [0.1, 0.15) is 0 Å². The van der Waals surface area contributed by atoms with Gasteiger partial charge in [-0.25, -0.2) is 4.98 Å². The standard InChI is InChI=1S/C15H16N2O2S/c1-15(7-8-15)17-12(11-5-3-2-4-6-11)9-16-14(17)20-10-13(18)19/h2-6,9H,7-8,10H2,1H3,(H,18,19). The minimum atomic E-state index is -0.813. The van der Waals surface area contributed by atoms with Crippen LogP contribution in [0.25, 0.3) is 11.3 Å². The number of aliphatic carboxylic acids is 1. The van der Waals surface area contributed by atoms with Crippen LogP contribution in [-0.2, 0) is 10.3 Å². The number of aromatic nitrogens is 2. The molecule has 1 aliphatic carbocycles. The molecule has 0 saturated heterocycles. The van der Waals surface area contributed by atoms with Crippen LogP contribution in [0.15, 0.2) is 41.7 Å². The van der Waals surface area contributed by atoms with Crippen LogP contribution in [-0.4, -0.2) is 26.4 Å². The van der Waals surface area contributed by atoms with Crippen LogP contribution in [0.1, 0.15) is 19.8 Å². The lowest BCUT2D eigenvalue weighted by molar-refractivity contribution is -0.133. The summed E-state index contributed by atoms with van der Waals surface area (Å²) in [6.07, 6.45) is 4.08. The molecule has 1 aliphatic rings. The molecular formula is C15H16N2O2S. The molecule has 0 spiro atoms. The maximum absolute atomic E-state index is 10.8. The molecule has 1 heterocycles. The van der Waals surface area contributed by atoms with E-state index in [4.69, 9.17) is 5.11 Å². The molecule has 1 saturated carbocycles. The Morgan fingerprint density at radius 3 is 2.70 bits per heavy atom. The van der Waals surface area contributed by atoms with E-state index in [1.807, 2.05) is 24.4 Å². The zero-order valence-electron chi connectivity index (χ0n) is 11.2. The van der Waals surface area contributed by atoms with Crippen LogP contribution in [0.2, 0.25) is 0 Å². The molecule has 2 aromatic rings. The largest absolute Gasteiger partial charge is 0.481 e. The average Bonchev–Trinajstić information content (AvgIpc) is 3.04. The van der Waals surface area contributed by atoms with Crippen molar-refractivity contribution in [2.24, 2.45) is 0 Å². The minimum absolute atomic E-state index is 0.0430. The van der Waals surface area contributed by atoms with Crippen LogP contribution in [0.5, 0.6) is 0 Å². The van der Waals surface area contributed by atoms with Crippen molar-refractivity contribution < 1.29 is 9.90 Å². The van der Waals surface area contributed by atoms with E-state index >= 15 is 0 Å². The van der Waals surface area contributed by atoms with Gasteiger partial charge in [0.05, 0.1) is 17.6 Å². The smallest absolute Gasteiger partial charge is 0.313 e. The first-order valence-electron chi connectivity index (χ1n) is 6.58. The van der Waals surface area contributed by atoms with Crippen molar-refractivity contribution in [3.63, 3.8) is 0 Å². The second kappa shape index (κ2) is 4.98. The molecular weight excluding hydrogens is 272 g/mol. The van der Waals surface area contributed by atoms with Gasteiger partial charge in [-0.1, -0.05) is 42.1 Å². The highest BCUT2D eigenvalue weighted by Gasteiger charge is 2.42. The maximum Gasteiger partial charge on any atom is 0.313 e. The molecule has 104 valence electrons. The van der Waals surface area contributed by atoms with E-state index in [0.29, 0.717) is 0 Å². The molecule has 0 radical (unpaired) electrons. The van der Waals surface area contributed by atoms with Gasteiger partial charge in [0.2, 0.25) is 0 Å². The van der Waals surface area contributed by atoms with Crippen molar-refractivity contribution in [2.45, 2.75) is 30.5 Å². The van der Waals surface area contributed by atoms with Crippen LogP contribution in [0, 0.1) is 0 Å². The van der Waals surface area contributed by atoms with E-state index in [9.17, 15) is 4.79 Å². The second-order valence-electron chi connectivity index (χ2n) is 5.31. The van der Waals surface area contributed by atoms with Crippen molar-refractivity contribution >= 4 is 17.7 Å². The lowest BCUT2D eigenvalue weighted by Gasteiger charge is -2.18. The first-order valence-corrected chi connectivity index (χ1v) is 7.57. The molecule has 0 amide bonds. The zero-order chi connectivity index (χ0) is 14.2. The number of carbonyl (C=O) groups is 1. The number of carboxylic acids is 1. The van der Waals surface area contributed by atoms with Crippen LogP contribution >= 0.6 is 11.8 Å². The number of hydrogen-bond acceptors (Lipinski definition) is 3. The molecule has 1 aromatic carbocycles. The third kappa shape index (κ3) is 2.45. The summed E-state index contributed by atoms with van der Waals surface area (Å²) in [6.45, 7) is 2.20. The van der Waals surface area contributed by atoms with Gasteiger partial charge in [0.15, 0.2) is 5.16 Å². The summed E-state index contributed by atoms with van der Waals surface area (Å²) in [7, 11) is 0. The van der Waals surface area contributed by atoms with Crippen molar-refractivity contribution in [1.29, 1.82) is 0 Å². The number of rotatable bonds is 5. The normalized spacial score (nSPS) is 16.1. The van der Waals surface area contributed by atoms with Gasteiger partial charge >= 0.3 is 5.97 Å². The fraction of sp³-hybridized carbons (Fsp3) is 0.333. The molecule has 0 atom stereocenters. The summed E-state index contributed by atoms with van der Waals surface area (Å²) in [4.78, 5) is 15.2. The highest BCUT2D eigenvalue weighted by Crippen LogP contribution is 2.47. The predicted octanol–water partition coefficient (Wildman–Crippen LogP) is 3.24. The quantitative estimate of drug-likeness (QED) is 0.858. The SMILES string of the molecule is CC1(n2c(-c3ccccc3)cnc2SCC(=O)O)CC1. The molecule has 0 bridgehead atoms. The first-order chi connectivity index (χ1) is 9.60. The van der Waals surface area contributed by atoms with Crippen molar-refractivity contribution in [1.82, 2.24) is 9.55 Å². The monoisotopic (exact) mass is 288 g/mol. The highest BCUT2D eigenvalue weighted by atomic mass is 32.2. The number of thioether (sulfide) groups is 1. The molecule has 3 rings (SSSR count). The zero-order valence-corrected chi connectivity index (χ0v) is 12.1. The Kier molecular flexibility index (Phi) is 3.30. The van der Waals surface area contributed by atoms with E-state index < -0.39 is 5.97 Å². The Morgan fingerprint density at radius 2 is 2.10 bits per heavy atom. The lowest BCUT2D eigenvalue weighted by atomic mass is 10.1. The minimum Gasteiger partial charge on any atom is -0.481 e. The summed E-state index contributed by atoms with van der Waals surface area (Å²) in [5.74, 6) is -0.770. The van der Waals surface area contributed by atoms with Gasteiger partial charge in [-0.15, -0.1) is 0 Å². The molecule has 0 unspecified atom stereocenters. The Morgan fingerprint density at radius 1 is 1.40 bits per heavy atom. The molecule has 1 aromatic heterocycles. The van der Waals surface area contributed by atoms with E-state index in [0.717, 1.165) is 29.3 Å². The molecule has 1 N–H and O–H groups in total. The van der Waals surface area contributed by atoms with Crippen LogP contribution in [0.3, 0.4) is 0 Å².